The summed E-state index contributed by atoms with van der Waals surface area (Å²) in [5.41, 5.74) is 4.01. The van der Waals surface area contributed by atoms with Crippen molar-refractivity contribution in [2.24, 2.45) is 0 Å². The lowest BCUT2D eigenvalue weighted by Crippen LogP contribution is -2.17. The summed E-state index contributed by atoms with van der Waals surface area (Å²) in [6.07, 6.45) is 0. The van der Waals surface area contributed by atoms with Crippen LogP contribution in [0.15, 0.2) is 51.7 Å². The molecule has 0 saturated carbocycles. The molecule has 0 fully saturated rings. The molecule has 2 aromatic carbocycles. The first kappa shape index (κ1) is 12.2. The molecule has 4 heteroatoms. The normalized spacial score (nSPS) is 11.1. The van der Waals surface area contributed by atoms with Crippen molar-refractivity contribution in [1.29, 1.82) is 0 Å². The smallest absolute Gasteiger partial charge is 0.305 e. The molecular formula is C15H13BrN2O. The largest absolute Gasteiger partial charge is 0.326 e. The summed E-state index contributed by atoms with van der Waals surface area (Å²) in [6, 6.07) is 14.0. The van der Waals surface area contributed by atoms with Gasteiger partial charge in [-0.25, -0.2) is 4.79 Å². The van der Waals surface area contributed by atoms with Crippen LogP contribution in [0.4, 0.5) is 0 Å². The zero-order chi connectivity index (χ0) is 13.4. The van der Waals surface area contributed by atoms with Crippen LogP contribution in [0.2, 0.25) is 0 Å². The summed E-state index contributed by atoms with van der Waals surface area (Å²) in [5, 5.41) is 0. The van der Waals surface area contributed by atoms with E-state index in [9.17, 15) is 4.79 Å². The van der Waals surface area contributed by atoms with Crippen LogP contribution in [0.5, 0.6) is 0 Å². The molecule has 0 aliphatic rings. The van der Waals surface area contributed by atoms with Gasteiger partial charge in [-0.15, -0.1) is 0 Å². The molecule has 1 N–H and O–H groups in total. The number of aromatic nitrogens is 2. The number of halogens is 1. The highest BCUT2D eigenvalue weighted by molar-refractivity contribution is 9.10. The number of para-hydroxylation sites is 1. The van der Waals surface area contributed by atoms with E-state index in [4.69, 9.17) is 0 Å². The number of aryl methyl sites for hydroxylation is 1. The Hall–Kier alpha value is -1.81. The van der Waals surface area contributed by atoms with E-state index >= 15 is 0 Å². The number of benzene rings is 2. The topological polar surface area (TPSA) is 37.8 Å². The van der Waals surface area contributed by atoms with Crippen LogP contribution in [0, 0.1) is 6.92 Å². The highest BCUT2D eigenvalue weighted by atomic mass is 79.9. The van der Waals surface area contributed by atoms with Crippen LogP contribution in [-0.4, -0.2) is 9.55 Å². The van der Waals surface area contributed by atoms with Crippen LogP contribution in [-0.2, 0) is 6.54 Å². The van der Waals surface area contributed by atoms with Crippen molar-refractivity contribution in [2.45, 2.75) is 13.5 Å². The number of aromatic amines is 1. The second kappa shape index (κ2) is 4.70. The molecule has 0 amide bonds. The van der Waals surface area contributed by atoms with Crippen molar-refractivity contribution in [1.82, 2.24) is 9.55 Å². The van der Waals surface area contributed by atoms with Crippen molar-refractivity contribution < 1.29 is 0 Å². The van der Waals surface area contributed by atoms with E-state index in [-0.39, 0.29) is 5.69 Å². The molecule has 0 bridgehead atoms. The standard InChI is InChI=1S/C15H13BrN2O/c1-10-4-2-5-11(8-10)9-18-13-7-3-6-12(16)14(13)17-15(18)19/h2-8H,9H2,1H3,(H,17,19). The summed E-state index contributed by atoms with van der Waals surface area (Å²) in [4.78, 5) is 15.0. The molecule has 0 aliphatic heterocycles. The zero-order valence-corrected chi connectivity index (χ0v) is 12.1. The van der Waals surface area contributed by atoms with Crippen molar-refractivity contribution in [2.75, 3.05) is 0 Å². The monoisotopic (exact) mass is 316 g/mol. The average molecular weight is 317 g/mol. The number of nitrogens with one attached hydrogen (secondary N) is 1. The molecule has 19 heavy (non-hydrogen) atoms. The molecule has 96 valence electrons. The van der Waals surface area contributed by atoms with E-state index in [1.807, 2.05) is 30.3 Å². The molecule has 3 nitrogen and oxygen atoms in total. The third-order valence-corrected chi connectivity index (χ3v) is 3.84. The zero-order valence-electron chi connectivity index (χ0n) is 10.5. The summed E-state index contributed by atoms with van der Waals surface area (Å²) in [5.74, 6) is 0. The summed E-state index contributed by atoms with van der Waals surface area (Å²) in [7, 11) is 0. The summed E-state index contributed by atoms with van der Waals surface area (Å²) >= 11 is 3.46. The molecule has 0 spiro atoms. The minimum absolute atomic E-state index is 0.0802. The first-order valence-electron chi connectivity index (χ1n) is 6.08. The third kappa shape index (κ3) is 2.24. The van der Waals surface area contributed by atoms with Crippen molar-refractivity contribution >= 4 is 27.0 Å². The van der Waals surface area contributed by atoms with Crippen LogP contribution >= 0.6 is 15.9 Å². The Labute approximate surface area is 119 Å². The van der Waals surface area contributed by atoms with Crippen molar-refractivity contribution in [3.8, 4) is 0 Å². The second-order valence-corrected chi connectivity index (χ2v) is 5.49. The lowest BCUT2D eigenvalue weighted by atomic mass is 10.1. The first-order valence-corrected chi connectivity index (χ1v) is 6.87. The molecule has 3 rings (SSSR count). The first-order chi connectivity index (χ1) is 9.15. The highest BCUT2D eigenvalue weighted by Crippen LogP contribution is 2.21. The third-order valence-electron chi connectivity index (χ3n) is 3.18. The number of hydrogen-bond donors (Lipinski definition) is 1. The van der Waals surface area contributed by atoms with Gasteiger partial charge in [0.15, 0.2) is 0 Å². The fourth-order valence-corrected chi connectivity index (χ4v) is 2.75. The Kier molecular flexibility index (Phi) is 3.03. The SMILES string of the molecule is Cc1cccc(Cn2c(=O)[nH]c3c(Br)cccc32)c1. The van der Waals surface area contributed by atoms with E-state index in [0.717, 1.165) is 21.1 Å². The quantitative estimate of drug-likeness (QED) is 0.772. The summed E-state index contributed by atoms with van der Waals surface area (Å²) < 4.78 is 2.67. The van der Waals surface area contributed by atoms with Gasteiger partial charge in [0.1, 0.15) is 0 Å². The van der Waals surface area contributed by atoms with E-state index in [2.05, 4.69) is 40.0 Å². The Bertz CT molecular complexity index is 801. The number of nitrogens with zero attached hydrogens (tertiary/aromatic N) is 1. The minimum atomic E-state index is -0.0802. The average Bonchev–Trinajstić information content (AvgIpc) is 2.69. The number of hydrogen-bond acceptors (Lipinski definition) is 1. The molecule has 0 saturated heterocycles. The van der Waals surface area contributed by atoms with Gasteiger partial charge in [0.2, 0.25) is 0 Å². The van der Waals surface area contributed by atoms with Gasteiger partial charge < -0.3 is 4.98 Å². The fraction of sp³-hybridized carbons (Fsp3) is 0.133. The second-order valence-electron chi connectivity index (χ2n) is 4.64. The molecule has 3 aromatic rings. The lowest BCUT2D eigenvalue weighted by Gasteiger charge is -2.05. The van der Waals surface area contributed by atoms with Crippen LogP contribution in [0.25, 0.3) is 11.0 Å². The molecule has 1 heterocycles. The number of H-pyrrole nitrogens is 1. The number of rotatable bonds is 2. The fourth-order valence-electron chi connectivity index (χ4n) is 2.30. The molecule has 0 atom stereocenters. The molecule has 0 aliphatic carbocycles. The number of imidazole rings is 1. The lowest BCUT2D eigenvalue weighted by molar-refractivity contribution is 0.786. The molecule has 0 unspecified atom stereocenters. The Morgan fingerprint density at radius 1 is 1.21 bits per heavy atom. The van der Waals surface area contributed by atoms with Gasteiger partial charge in [0.25, 0.3) is 0 Å². The Morgan fingerprint density at radius 2 is 2.00 bits per heavy atom. The maximum Gasteiger partial charge on any atom is 0.326 e. The van der Waals surface area contributed by atoms with Gasteiger partial charge in [0.05, 0.1) is 17.6 Å². The van der Waals surface area contributed by atoms with Crippen LogP contribution in [0.3, 0.4) is 0 Å². The molecule has 1 aromatic heterocycles. The van der Waals surface area contributed by atoms with Crippen LogP contribution in [0.1, 0.15) is 11.1 Å². The Morgan fingerprint density at radius 3 is 2.79 bits per heavy atom. The minimum Gasteiger partial charge on any atom is -0.305 e. The predicted molar refractivity (Wildman–Crippen MR) is 80.5 cm³/mol. The predicted octanol–water partition coefficient (Wildman–Crippen LogP) is 3.45. The maximum atomic E-state index is 12.1. The number of fused-ring (bicyclic) bond motifs is 1. The van der Waals surface area contributed by atoms with E-state index < -0.39 is 0 Å². The van der Waals surface area contributed by atoms with E-state index in [0.29, 0.717) is 6.54 Å². The Balaban J connectivity index is 2.13. The summed E-state index contributed by atoms with van der Waals surface area (Å²) in [6.45, 7) is 2.63. The van der Waals surface area contributed by atoms with Gasteiger partial charge in [-0.3, -0.25) is 4.57 Å². The van der Waals surface area contributed by atoms with Gasteiger partial charge in [-0.05, 0) is 40.5 Å². The van der Waals surface area contributed by atoms with Crippen molar-refractivity contribution in [3.63, 3.8) is 0 Å². The van der Waals surface area contributed by atoms with Gasteiger partial charge in [-0.1, -0.05) is 35.9 Å². The molecule has 0 radical (unpaired) electrons. The van der Waals surface area contributed by atoms with Gasteiger partial charge >= 0.3 is 5.69 Å². The van der Waals surface area contributed by atoms with Gasteiger partial charge in [-0.2, -0.15) is 0 Å². The molecular weight excluding hydrogens is 304 g/mol. The van der Waals surface area contributed by atoms with Crippen LogP contribution < -0.4 is 5.69 Å². The van der Waals surface area contributed by atoms with Gasteiger partial charge in [0, 0.05) is 4.47 Å². The highest BCUT2D eigenvalue weighted by Gasteiger charge is 2.09. The van der Waals surface area contributed by atoms with E-state index in [1.54, 1.807) is 4.57 Å². The maximum absolute atomic E-state index is 12.1. The van der Waals surface area contributed by atoms with E-state index in [1.165, 1.54) is 5.56 Å². The van der Waals surface area contributed by atoms with Crippen molar-refractivity contribution in [3.05, 3.63) is 68.5 Å².